The van der Waals surface area contributed by atoms with E-state index in [1.165, 1.54) is 24.3 Å². The van der Waals surface area contributed by atoms with Gasteiger partial charge in [-0.05, 0) is 53.5 Å². The molecule has 0 saturated carbocycles. The van der Waals surface area contributed by atoms with Crippen molar-refractivity contribution >= 4 is 8.32 Å². The topological polar surface area (TPSA) is 53.5 Å². The Labute approximate surface area is 187 Å². The molecule has 0 atom stereocenters. The lowest BCUT2D eigenvalue weighted by Crippen LogP contribution is -2.42. The molecule has 0 amide bonds. The summed E-state index contributed by atoms with van der Waals surface area (Å²) >= 11 is 0. The summed E-state index contributed by atoms with van der Waals surface area (Å²) in [6.07, 6.45) is 0. The molecule has 0 bridgehead atoms. The predicted octanol–water partition coefficient (Wildman–Crippen LogP) is 4.84. The number of hydrogen-bond acceptors (Lipinski definition) is 4. The normalized spacial score (nSPS) is 11.7. The minimum atomic E-state index is -1.63. The molecule has 0 spiro atoms. The van der Waals surface area contributed by atoms with Crippen molar-refractivity contribution < 1.29 is 18.3 Å². The molecule has 7 heteroatoms. The van der Waals surface area contributed by atoms with Gasteiger partial charge in [-0.25, -0.2) is 8.78 Å². The molecule has 3 N–H and O–H groups in total. The predicted molar refractivity (Wildman–Crippen MR) is 126 cm³/mol. The van der Waals surface area contributed by atoms with Crippen molar-refractivity contribution in [1.82, 2.24) is 10.6 Å². The Balaban J connectivity index is 0.000000343. The van der Waals surface area contributed by atoms with Crippen molar-refractivity contribution in [2.45, 2.75) is 52.0 Å². The lowest BCUT2D eigenvalue weighted by atomic mass is 10.2. The smallest absolute Gasteiger partial charge is 0.192 e. The summed E-state index contributed by atoms with van der Waals surface area (Å²) in [6, 6.07) is 12.9. The van der Waals surface area contributed by atoms with E-state index in [4.69, 9.17) is 9.53 Å². The summed E-state index contributed by atoms with van der Waals surface area (Å²) in [4.78, 5) is 0. The van der Waals surface area contributed by atoms with Crippen molar-refractivity contribution in [3.63, 3.8) is 0 Å². The first-order valence-corrected chi connectivity index (χ1v) is 13.6. The highest BCUT2D eigenvalue weighted by molar-refractivity contribution is 6.74. The summed E-state index contributed by atoms with van der Waals surface area (Å²) in [7, 11) is -1.63. The zero-order chi connectivity index (χ0) is 23.3. The van der Waals surface area contributed by atoms with Crippen LogP contribution in [0.1, 0.15) is 31.9 Å². The Morgan fingerprint density at radius 3 is 1.61 bits per heavy atom. The van der Waals surface area contributed by atoms with Crippen LogP contribution in [0.4, 0.5) is 8.78 Å². The van der Waals surface area contributed by atoms with E-state index in [1.54, 1.807) is 24.3 Å². The number of aliphatic hydroxyl groups is 1. The van der Waals surface area contributed by atoms with E-state index in [0.717, 1.165) is 30.8 Å². The van der Waals surface area contributed by atoms with E-state index >= 15 is 0 Å². The molecule has 0 fully saturated rings. The fourth-order valence-electron chi connectivity index (χ4n) is 2.34. The molecule has 0 aromatic heterocycles. The first-order chi connectivity index (χ1) is 14.5. The van der Waals surface area contributed by atoms with E-state index < -0.39 is 8.32 Å². The Morgan fingerprint density at radius 2 is 1.23 bits per heavy atom. The highest BCUT2D eigenvalue weighted by atomic mass is 28.4. The van der Waals surface area contributed by atoms with Gasteiger partial charge in [0.2, 0.25) is 0 Å². The van der Waals surface area contributed by atoms with Crippen LogP contribution in [0, 0.1) is 11.6 Å². The zero-order valence-electron chi connectivity index (χ0n) is 19.5. The standard InChI is InChI=1S/C15H26FNOSi.C9H12FNO/c1-15(2,3)19(4,5)18-11-10-17-12-13-6-8-14(16)9-7-13;10-9-3-1-8(2-4-9)7-11-5-6-12/h6-9,17H,10-12H2,1-5H3;1-4,11-12H,5-7H2. The van der Waals surface area contributed by atoms with E-state index in [0.29, 0.717) is 13.1 Å². The molecule has 4 nitrogen and oxygen atoms in total. The number of benzene rings is 2. The third kappa shape index (κ3) is 11.5. The second-order valence-corrected chi connectivity index (χ2v) is 13.7. The molecule has 174 valence electrons. The van der Waals surface area contributed by atoms with Gasteiger partial charge in [0, 0.05) is 32.8 Å². The van der Waals surface area contributed by atoms with Gasteiger partial charge in [0.25, 0.3) is 0 Å². The van der Waals surface area contributed by atoms with Crippen molar-refractivity contribution in [3.8, 4) is 0 Å². The molecular formula is C24H38F2N2O2Si. The average Bonchev–Trinajstić information content (AvgIpc) is 2.70. The van der Waals surface area contributed by atoms with Gasteiger partial charge in [-0.15, -0.1) is 0 Å². The molecule has 0 radical (unpaired) electrons. The number of hydrogen-bond donors (Lipinski definition) is 3. The molecule has 0 heterocycles. The van der Waals surface area contributed by atoms with Crippen molar-refractivity contribution in [1.29, 1.82) is 0 Å². The van der Waals surface area contributed by atoms with Gasteiger partial charge in [0.15, 0.2) is 8.32 Å². The Bertz CT molecular complexity index is 733. The van der Waals surface area contributed by atoms with Gasteiger partial charge in [-0.1, -0.05) is 45.0 Å². The van der Waals surface area contributed by atoms with Crippen molar-refractivity contribution in [3.05, 3.63) is 71.3 Å². The maximum absolute atomic E-state index is 12.7. The SMILES string of the molecule is CC(C)(C)[Si](C)(C)OCCNCc1ccc(F)cc1.OCCNCc1ccc(F)cc1. The van der Waals surface area contributed by atoms with Crippen LogP contribution in [-0.2, 0) is 17.5 Å². The van der Waals surface area contributed by atoms with Gasteiger partial charge in [-0.3, -0.25) is 0 Å². The summed E-state index contributed by atoms with van der Waals surface area (Å²) in [5, 5.41) is 15.0. The van der Waals surface area contributed by atoms with Crippen LogP contribution in [0.25, 0.3) is 0 Å². The minimum absolute atomic E-state index is 0.126. The summed E-state index contributed by atoms with van der Waals surface area (Å²) in [6.45, 7) is 14.9. The maximum Gasteiger partial charge on any atom is 0.192 e. The van der Waals surface area contributed by atoms with Crippen LogP contribution in [0.5, 0.6) is 0 Å². The van der Waals surface area contributed by atoms with Gasteiger partial charge < -0.3 is 20.2 Å². The summed E-state index contributed by atoms with van der Waals surface area (Å²) in [5.74, 6) is -0.411. The van der Waals surface area contributed by atoms with Gasteiger partial charge in [-0.2, -0.15) is 0 Å². The highest BCUT2D eigenvalue weighted by Gasteiger charge is 2.36. The lowest BCUT2D eigenvalue weighted by molar-refractivity contribution is 0.285. The van der Waals surface area contributed by atoms with E-state index in [9.17, 15) is 8.78 Å². The first kappa shape index (κ1) is 27.4. The molecule has 0 aliphatic heterocycles. The van der Waals surface area contributed by atoms with Crippen LogP contribution in [0.15, 0.2) is 48.5 Å². The lowest BCUT2D eigenvalue weighted by Gasteiger charge is -2.36. The van der Waals surface area contributed by atoms with Crippen LogP contribution in [-0.4, -0.2) is 39.7 Å². The summed E-state index contributed by atoms with van der Waals surface area (Å²) in [5.41, 5.74) is 2.11. The maximum atomic E-state index is 12.7. The molecule has 31 heavy (non-hydrogen) atoms. The molecule has 2 aromatic carbocycles. The van der Waals surface area contributed by atoms with Crippen LogP contribution in [0.2, 0.25) is 18.1 Å². The number of halogens is 2. The van der Waals surface area contributed by atoms with E-state index in [-0.39, 0.29) is 23.3 Å². The number of rotatable bonds is 10. The molecule has 0 saturated heterocycles. The van der Waals surface area contributed by atoms with Gasteiger partial charge in [0.1, 0.15) is 11.6 Å². The average molecular weight is 453 g/mol. The quantitative estimate of drug-likeness (QED) is 0.356. The third-order valence-corrected chi connectivity index (χ3v) is 9.86. The highest BCUT2D eigenvalue weighted by Crippen LogP contribution is 2.36. The largest absolute Gasteiger partial charge is 0.416 e. The zero-order valence-corrected chi connectivity index (χ0v) is 20.5. The van der Waals surface area contributed by atoms with Crippen LogP contribution < -0.4 is 10.6 Å². The van der Waals surface area contributed by atoms with Gasteiger partial charge >= 0.3 is 0 Å². The fourth-order valence-corrected chi connectivity index (χ4v) is 3.39. The second-order valence-electron chi connectivity index (χ2n) is 8.94. The molecular weight excluding hydrogens is 414 g/mol. The third-order valence-electron chi connectivity index (χ3n) is 5.32. The Kier molecular flexibility index (Phi) is 12.1. The van der Waals surface area contributed by atoms with E-state index in [1.807, 2.05) is 0 Å². The second kappa shape index (κ2) is 13.7. The van der Waals surface area contributed by atoms with Crippen molar-refractivity contribution in [2.24, 2.45) is 0 Å². The fraction of sp³-hybridized carbons (Fsp3) is 0.500. The van der Waals surface area contributed by atoms with Crippen LogP contribution in [0.3, 0.4) is 0 Å². The monoisotopic (exact) mass is 452 g/mol. The summed E-state index contributed by atoms with van der Waals surface area (Å²) < 4.78 is 31.2. The molecule has 2 rings (SSSR count). The molecule has 0 unspecified atom stereocenters. The Morgan fingerprint density at radius 1 is 0.806 bits per heavy atom. The molecule has 0 aliphatic rings. The van der Waals surface area contributed by atoms with Gasteiger partial charge in [0.05, 0.1) is 6.61 Å². The molecule has 0 aliphatic carbocycles. The number of aliphatic hydroxyl groups excluding tert-OH is 1. The molecule has 2 aromatic rings. The van der Waals surface area contributed by atoms with Crippen LogP contribution >= 0.6 is 0 Å². The van der Waals surface area contributed by atoms with E-state index in [2.05, 4.69) is 44.5 Å². The number of nitrogens with one attached hydrogen (secondary N) is 2. The first-order valence-electron chi connectivity index (χ1n) is 10.7. The van der Waals surface area contributed by atoms with Crippen molar-refractivity contribution in [2.75, 3.05) is 26.3 Å². The minimum Gasteiger partial charge on any atom is -0.416 e. The Hall–Kier alpha value is -1.64.